The van der Waals surface area contributed by atoms with Crippen molar-refractivity contribution in [3.8, 4) is 5.75 Å². The molecule has 2 aromatic rings. The first-order valence-corrected chi connectivity index (χ1v) is 5.76. The summed E-state index contributed by atoms with van der Waals surface area (Å²) in [6, 6.07) is 6.71. The van der Waals surface area contributed by atoms with Crippen molar-refractivity contribution in [2.45, 2.75) is 13.8 Å². The third kappa shape index (κ3) is 2.96. The molecule has 2 aromatic carbocycles. The van der Waals surface area contributed by atoms with E-state index in [2.05, 4.69) is 4.99 Å². The largest absolute Gasteiger partial charge is 0.507 e. The molecule has 0 aliphatic rings. The second kappa shape index (κ2) is 5.18. The Morgan fingerprint density at radius 1 is 1.05 bits per heavy atom. The number of hydrogen-bond donors (Lipinski definition) is 1. The Labute approximate surface area is 110 Å². The molecule has 2 nitrogen and oxygen atoms in total. The predicted octanol–water partition coefficient (Wildman–Crippen LogP) is 4.04. The van der Waals surface area contributed by atoms with E-state index < -0.39 is 11.6 Å². The number of phenols is 1. The molecular formula is C15H13F2NO. The molecule has 19 heavy (non-hydrogen) atoms. The first-order valence-electron chi connectivity index (χ1n) is 5.76. The Hall–Kier alpha value is -2.23. The van der Waals surface area contributed by atoms with Gasteiger partial charge in [-0.3, -0.25) is 4.99 Å². The van der Waals surface area contributed by atoms with Gasteiger partial charge < -0.3 is 5.11 Å². The van der Waals surface area contributed by atoms with Crippen LogP contribution in [-0.2, 0) is 0 Å². The smallest absolute Gasteiger partial charge is 0.151 e. The van der Waals surface area contributed by atoms with E-state index >= 15 is 0 Å². The maximum Gasteiger partial charge on any atom is 0.151 e. The standard InChI is InChI=1S/C15H13F2NO/c1-9-5-11(6-10(2)15(9)19)8-18-14-4-3-12(16)7-13(14)17/h3-8,19H,1-2H3. The minimum Gasteiger partial charge on any atom is -0.507 e. The van der Waals surface area contributed by atoms with Gasteiger partial charge in [0.2, 0.25) is 0 Å². The Kier molecular flexibility index (Phi) is 3.60. The minimum atomic E-state index is -0.705. The zero-order chi connectivity index (χ0) is 14.0. The average molecular weight is 261 g/mol. The van der Waals surface area contributed by atoms with Crippen LogP contribution in [0.25, 0.3) is 0 Å². The molecule has 0 radical (unpaired) electrons. The lowest BCUT2D eigenvalue weighted by Gasteiger charge is -2.04. The van der Waals surface area contributed by atoms with Gasteiger partial charge >= 0.3 is 0 Å². The molecule has 0 aliphatic heterocycles. The van der Waals surface area contributed by atoms with Crippen LogP contribution in [0, 0.1) is 25.5 Å². The van der Waals surface area contributed by atoms with E-state index in [1.807, 2.05) is 0 Å². The molecule has 0 saturated carbocycles. The molecule has 0 amide bonds. The fourth-order valence-electron chi connectivity index (χ4n) is 1.79. The van der Waals surface area contributed by atoms with Crippen LogP contribution in [0.4, 0.5) is 14.5 Å². The van der Waals surface area contributed by atoms with E-state index in [-0.39, 0.29) is 11.4 Å². The maximum atomic E-state index is 13.4. The molecule has 0 aromatic heterocycles. The molecule has 0 saturated heterocycles. The first kappa shape index (κ1) is 13.2. The van der Waals surface area contributed by atoms with E-state index in [1.54, 1.807) is 26.0 Å². The summed E-state index contributed by atoms with van der Waals surface area (Å²) in [6.07, 6.45) is 1.48. The van der Waals surface area contributed by atoms with Crippen molar-refractivity contribution < 1.29 is 13.9 Å². The highest BCUT2D eigenvalue weighted by molar-refractivity contribution is 5.83. The van der Waals surface area contributed by atoms with Crippen LogP contribution < -0.4 is 0 Å². The lowest BCUT2D eigenvalue weighted by molar-refractivity contribution is 0.467. The van der Waals surface area contributed by atoms with E-state index in [1.165, 1.54) is 12.3 Å². The van der Waals surface area contributed by atoms with Crippen LogP contribution in [0.2, 0.25) is 0 Å². The summed E-state index contributed by atoms with van der Waals surface area (Å²) in [6.45, 7) is 3.55. The number of benzene rings is 2. The topological polar surface area (TPSA) is 32.6 Å². The van der Waals surface area contributed by atoms with Crippen molar-refractivity contribution >= 4 is 11.9 Å². The van der Waals surface area contributed by atoms with Gasteiger partial charge in [-0.15, -0.1) is 0 Å². The molecular weight excluding hydrogens is 248 g/mol. The number of hydrogen-bond acceptors (Lipinski definition) is 2. The van der Waals surface area contributed by atoms with Crippen molar-refractivity contribution in [1.82, 2.24) is 0 Å². The van der Waals surface area contributed by atoms with Gasteiger partial charge in [-0.05, 0) is 54.8 Å². The summed E-state index contributed by atoms with van der Waals surface area (Å²) in [5, 5.41) is 9.64. The van der Waals surface area contributed by atoms with Crippen LogP contribution >= 0.6 is 0 Å². The van der Waals surface area contributed by atoms with Crippen molar-refractivity contribution in [2.24, 2.45) is 4.99 Å². The predicted molar refractivity (Wildman–Crippen MR) is 71.2 cm³/mol. The second-order valence-corrected chi connectivity index (χ2v) is 4.36. The molecule has 0 unspecified atom stereocenters. The van der Waals surface area contributed by atoms with E-state index in [9.17, 15) is 13.9 Å². The lowest BCUT2D eigenvalue weighted by Crippen LogP contribution is -1.88. The Morgan fingerprint density at radius 3 is 2.26 bits per heavy atom. The summed E-state index contributed by atoms with van der Waals surface area (Å²) in [4.78, 5) is 3.98. The minimum absolute atomic E-state index is 0.0739. The van der Waals surface area contributed by atoms with Gasteiger partial charge in [0.05, 0.1) is 5.69 Å². The van der Waals surface area contributed by atoms with E-state index in [0.29, 0.717) is 0 Å². The van der Waals surface area contributed by atoms with E-state index in [4.69, 9.17) is 0 Å². The molecule has 1 N–H and O–H groups in total. The molecule has 0 heterocycles. The van der Waals surface area contributed by atoms with Crippen molar-refractivity contribution in [3.05, 3.63) is 58.7 Å². The third-order valence-corrected chi connectivity index (χ3v) is 2.78. The number of aryl methyl sites for hydroxylation is 2. The molecule has 4 heteroatoms. The van der Waals surface area contributed by atoms with Crippen LogP contribution in [0.15, 0.2) is 35.3 Å². The zero-order valence-electron chi connectivity index (χ0n) is 10.6. The molecule has 0 aliphatic carbocycles. The number of nitrogens with zero attached hydrogens (tertiary/aromatic N) is 1. The Bertz CT molecular complexity index is 628. The molecule has 2 rings (SSSR count). The monoisotopic (exact) mass is 261 g/mol. The van der Waals surface area contributed by atoms with Gasteiger partial charge in [0.1, 0.15) is 11.6 Å². The maximum absolute atomic E-state index is 13.4. The third-order valence-electron chi connectivity index (χ3n) is 2.78. The van der Waals surface area contributed by atoms with Crippen molar-refractivity contribution in [3.63, 3.8) is 0 Å². The van der Waals surface area contributed by atoms with E-state index in [0.717, 1.165) is 28.8 Å². The highest BCUT2D eigenvalue weighted by Crippen LogP contribution is 2.23. The molecule has 98 valence electrons. The number of rotatable bonds is 2. The highest BCUT2D eigenvalue weighted by atomic mass is 19.1. The lowest BCUT2D eigenvalue weighted by atomic mass is 10.1. The van der Waals surface area contributed by atoms with Crippen molar-refractivity contribution in [2.75, 3.05) is 0 Å². The fourth-order valence-corrected chi connectivity index (χ4v) is 1.79. The summed E-state index contributed by atoms with van der Waals surface area (Å²) in [7, 11) is 0. The second-order valence-electron chi connectivity index (χ2n) is 4.36. The van der Waals surface area contributed by atoms with Gasteiger partial charge in [-0.25, -0.2) is 8.78 Å². The zero-order valence-corrected chi connectivity index (χ0v) is 10.6. The Morgan fingerprint density at radius 2 is 1.68 bits per heavy atom. The summed E-state index contributed by atoms with van der Waals surface area (Å²) >= 11 is 0. The van der Waals surface area contributed by atoms with Crippen molar-refractivity contribution in [1.29, 1.82) is 0 Å². The SMILES string of the molecule is Cc1cc(C=Nc2ccc(F)cc2F)cc(C)c1O. The molecule has 0 bridgehead atoms. The van der Waals surface area contributed by atoms with Crippen LogP contribution in [0.3, 0.4) is 0 Å². The number of aromatic hydroxyl groups is 1. The summed E-state index contributed by atoms with van der Waals surface area (Å²) in [5.41, 5.74) is 2.27. The Balaban J connectivity index is 2.32. The summed E-state index contributed by atoms with van der Waals surface area (Å²) < 4.78 is 26.1. The van der Waals surface area contributed by atoms with Gasteiger partial charge in [0, 0.05) is 12.3 Å². The van der Waals surface area contributed by atoms with Gasteiger partial charge in [-0.1, -0.05) is 0 Å². The molecule has 0 atom stereocenters. The number of halogens is 2. The van der Waals surface area contributed by atoms with Crippen LogP contribution in [0.5, 0.6) is 5.75 Å². The molecule has 0 fully saturated rings. The normalized spacial score (nSPS) is 11.2. The quantitative estimate of drug-likeness (QED) is 0.813. The van der Waals surface area contributed by atoms with Gasteiger partial charge in [-0.2, -0.15) is 0 Å². The number of aliphatic imine (C=N–C) groups is 1. The van der Waals surface area contributed by atoms with Crippen LogP contribution in [-0.4, -0.2) is 11.3 Å². The summed E-state index contributed by atoms with van der Waals surface area (Å²) in [5.74, 6) is -1.10. The fraction of sp³-hybridized carbons (Fsp3) is 0.133. The highest BCUT2D eigenvalue weighted by Gasteiger charge is 2.03. The average Bonchev–Trinajstić information content (AvgIpc) is 2.34. The molecule has 0 spiro atoms. The van der Waals surface area contributed by atoms with Crippen LogP contribution in [0.1, 0.15) is 16.7 Å². The first-order chi connectivity index (χ1) is 8.97. The van der Waals surface area contributed by atoms with Gasteiger partial charge in [0.25, 0.3) is 0 Å². The number of phenolic OH excluding ortho intramolecular Hbond substituents is 1. The van der Waals surface area contributed by atoms with Gasteiger partial charge in [0.15, 0.2) is 5.82 Å².